The average Bonchev–Trinajstić information content (AvgIpc) is 2.81. The zero-order valence-electron chi connectivity index (χ0n) is 20.4. The molecule has 0 aromatic carbocycles. The maximum atomic E-state index is 12.4. The molecule has 1 amide bonds. The van der Waals surface area contributed by atoms with Gasteiger partial charge in [-0.1, -0.05) is 44.6 Å². The van der Waals surface area contributed by atoms with Crippen LogP contribution in [0.5, 0.6) is 0 Å². The Labute approximate surface area is 211 Å². The van der Waals surface area contributed by atoms with Crippen LogP contribution >= 0.6 is 0 Å². The minimum atomic E-state index is -5.09. The quantitative estimate of drug-likeness (QED) is 0.0920. The number of amides is 1. The molecule has 0 aliphatic carbocycles. The summed E-state index contributed by atoms with van der Waals surface area (Å²) in [7, 11) is -5.09. The third-order valence-electron chi connectivity index (χ3n) is 5.38. The highest BCUT2D eigenvalue weighted by Gasteiger charge is 2.48. The first-order valence-electron chi connectivity index (χ1n) is 11.8. The van der Waals surface area contributed by atoms with Gasteiger partial charge >= 0.3 is 10.4 Å². The van der Waals surface area contributed by atoms with Gasteiger partial charge in [-0.2, -0.15) is 8.42 Å². The minimum absolute atomic E-state index is 0.0152. The standard InChI is InChI=1S/C22H39NO12S/c1-3-5-6-7-8-9-11-17(26)23-14(18(27)15(25)10-4-2)13-33-22-20(29)21(35-36(30,31)32)19(28)16(12-24)34-22/h5-6,8-9,14-16,18-22,24-25,27-29H,3-4,7,10-13H2,1-2H3,(H,23,26)(H,30,31,32)/t14-,15+,16?,18-,19?,20?,21?,22?/m0/s1. The van der Waals surface area contributed by atoms with E-state index in [0.29, 0.717) is 12.8 Å². The second-order valence-corrected chi connectivity index (χ2v) is 9.39. The van der Waals surface area contributed by atoms with Gasteiger partial charge in [-0.3, -0.25) is 9.35 Å². The molecule has 1 aliphatic rings. The number of ether oxygens (including phenoxy) is 2. The van der Waals surface area contributed by atoms with E-state index in [2.05, 4.69) is 9.50 Å². The van der Waals surface area contributed by atoms with Gasteiger partial charge in [0, 0.05) is 6.42 Å². The Bertz CT molecular complexity index is 805. The molecule has 14 heteroatoms. The molecule has 0 saturated carbocycles. The molecule has 1 fully saturated rings. The molecule has 1 rings (SSSR count). The van der Waals surface area contributed by atoms with Gasteiger partial charge in [0.15, 0.2) is 6.29 Å². The van der Waals surface area contributed by atoms with Gasteiger partial charge in [-0.25, -0.2) is 4.18 Å². The molecule has 13 nitrogen and oxygen atoms in total. The highest BCUT2D eigenvalue weighted by molar-refractivity contribution is 7.80. The molecule has 0 radical (unpaired) electrons. The molecule has 0 aromatic heterocycles. The maximum Gasteiger partial charge on any atom is 0.397 e. The largest absolute Gasteiger partial charge is 0.397 e. The molecule has 36 heavy (non-hydrogen) atoms. The Morgan fingerprint density at radius 1 is 1.11 bits per heavy atom. The molecule has 8 atom stereocenters. The fourth-order valence-corrected chi connectivity index (χ4v) is 4.01. The van der Waals surface area contributed by atoms with Crippen molar-refractivity contribution in [1.29, 1.82) is 0 Å². The van der Waals surface area contributed by atoms with Crippen LogP contribution in [0.2, 0.25) is 0 Å². The molecular weight excluding hydrogens is 502 g/mol. The predicted octanol–water partition coefficient (Wildman–Crippen LogP) is -1.06. The molecule has 7 N–H and O–H groups in total. The topological polar surface area (TPSA) is 212 Å². The molecule has 1 saturated heterocycles. The van der Waals surface area contributed by atoms with Crippen LogP contribution in [0.4, 0.5) is 0 Å². The number of nitrogens with one attached hydrogen (secondary N) is 1. The fraction of sp³-hybridized carbons (Fsp3) is 0.773. The van der Waals surface area contributed by atoms with Crippen LogP contribution in [0.3, 0.4) is 0 Å². The van der Waals surface area contributed by atoms with Gasteiger partial charge in [0.2, 0.25) is 5.91 Å². The Morgan fingerprint density at radius 3 is 2.36 bits per heavy atom. The SMILES string of the molecule is CCC=CCC=CCC(=O)N[C@@H](COC1OC(CO)C(O)C(OS(=O)(=O)O)C1O)[C@H](O)[C@H](O)CCC. The summed E-state index contributed by atoms with van der Waals surface area (Å²) < 4.78 is 46.2. The van der Waals surface area contributed by atoms with E-state index in [0.717, 1.165) is 6.42 Å². The Morgan fingerprint density at radius 2 is 1.78 bits per heavy atom. The number of rotatable bonds is 16. The van der Waals surface area contributed by atoms with Crippen LogP contribution in [0.1, 0.15) is 46.0 Å². The molecule has 1 aliphatic heterocycles. The van der Waals surface area contributed by atoms with E-state index >= 15 is 0 Å². The lowest BCUT2D eigenvalue weighted by Crippen LogP contribution is -2.61. The summed E-state index contributed by atoms with van der Waals surface area (Å²) in [5.41, 5.74) is 0. The Balaban J connectivity index is 2.92. The van der Waals surface area contributed by atoms with Crippen molar-refractivity contribution in [3.05, 3.63) is 24.3 Å². The van der Waals surface area contributed by atoms with E-state index in [4.69, 9.17) is 14.0 Å². The number of carbonyl (C=O) groups is 1. The zero-order valence-corrected chi connectivity index (χ0v) is 21.2. The first-order chi connectivity index (χ1) is 16.9. The van der Waals surface area contributed by atoms with E-state index in [9.17, 15) is 38.7 Å². The van der Waals surface area contributed by atoms with Crippen molar-refractivity contribution in [3.8, 4) is 0 Å². The maximum absolute atomic E-state index is 12.4. The molecule has 210 valence electrons. The number of aliphatic hydroxyl groups excluding tert-OH is 5. The first kappa shape index (κ1) is 32.6. The fourth-order valence-electron chi connectivity index (χ4n) is 3.50. The van der Waals surface area contributed by atoms with Crippen LogP contribution in [-0.4, -0.2) is 107 Å². The molecular formula is C22H39NO12S. The van der Waals surface area contributed by atoms with Crippen LogP contribution in [0, 0.1) is 0 Å². The summed E-state index contributed by atoms with van der Waals surface area (Å²) in [5, 5.41) is 53.3. The van der Waals surface area contributed by atoms with Gasteiger partial charge in [0.25, 0.3) is 0 Å². The number of aliphatic hydroxyl groups is 5. The van der Waals surface area contributed by atoms with Gasteiger partial charge in [-0.15, -0.1) is 0 Å². The Hall–Kier alpha value is -1.46. The van der Waals surface area contributed by atoms with Crippen molar-refractivity contribution in [2.45, 2.75) is 94.9 Å². The lowest BCUT2D eigenvalue weighted by Gasteiger charge is -2.41. The van der Waals surface area contributed by atoms with Crippen molar-refractivity contribution in [1.82, 2.24) is 5.32 Å². The monoisotopic (exact) mass is 541 g/mol. The van der Waals surface area contributed by atoms with Gasteiger partial charge < -0.3 is 40.3 Å². The van der Waals surface area contributed by atoms with Crippen LogP contribution in [0.15, 0.2) is 24.3 Å². The van der Waals surface area contributed by atoms with Crippen molar-refractivity contribution < 1.29 is 57.0 Å². The van der Waals surface area contributed by atoms with Crippen molar-refractivity contribution >= 4 is 16.3 Å². The van der Waals surface area contributed by atoms with Gasteiger partial charge in [0.05, 0.1) is 25.4 Å². The molecule has 0 bridgehead atoms. The van der Waals surface area contributed by atoms with Gasteiger partial charge in [-0.05, 0) is 19.3 Å². The van der Waals surface area contributed by atoms with E-state index in [1.807, 2.05) is 19.1 Å². The molecule has 0 aromatic rings. The second-order valence-electron chi connectivity index (χ2n) is 8.34. The second kappa shape index (κ2) is 16.4. The van der Waals surface area contributed by atoms with E-state index in [1.54, 1.807) is 19.1 Å². The number of carbonyl (C=O) groups excluding carboxylic acids is 1. The van der Waals surface area contributed by atoms with E-state index in [1.165, 1.54) is 0 Å². The van der Waals surface area contributed by atoms with Crippen molar-refractivity contribution in [2.24, 2.45) is 0 Å². The lowest BCUT2D eigenvalue weighted by atomic mass is 9.99. The summed E-state index contributed by atoms with van der Waals surface area (Å²) in [4.78, 5) is 12.4. The lowest BCUT2D eigenvalue weighted by molar-refractivity contribution is -0.299. The third kappa shape index (κ3) is 11.3. The predicted molar refractivity (Wildman–Crippen MR) is 127 cm³/mol. The highest BCUT2D eigenvalue weighted by Crippen LogP contribution is 2.26. The van der Waals surface area contributed by atoms with Crippen LogP contribution in [0.25, 0.3) is 0 Å². The third-order valence-corrected chi connectivity index (χ3v) is 5.84. The number of allylic oxidation sites excluding steroid dienone is 3. The Kier molecular flexibility index (Phi) is 14.8. The minimum Gasteiger partial charge on any atom is -0.394 e. The number of hydrogen-bond donors (Lipinski definition) is 7. The summed E-state index contributed by atoms with van der Waals surface area (Å²) in [6.45, 7) is 2.47. The van der Waals surface area contributed by atoms with Gasteiger partial charge in [0.1, 0.15) is 30.5 Å². The summed E-state index contributed by atoms with van der Waals surface area (Å²) in [5.74, 6) is -0.483. The zero-order chi connectivity index (χ0) is 27.3. The summed E-state index contributed by atoms with van der Waals surface area (Å²) in [6, 6.07) is -1.16. The summed E-state index contributed by atoms with van der Waals surface area (Å²) >= 11 is 0. The molecule has 1 heterocycles. The van der Waals surface area contributed by atoms with Crippen molar-refractivity contribution in [2.75, 3.05) is 13.2 Å². The van der Waals surface area contributed by atoms with E-state index < -0.39 is 78.5 Å². The van der Waals surface area contributed by atoms with E-state index in [-0.39, 0.29) is 12.8 Å². The molecule has 5 unspecified atom stereocenters. The average molecular weight is 542 g/mol. The number of hydrogen-bond acceptors (Lipinski definition) is 11. The molecule has 0 spiro atoms. The normalized spacial score (nSPS) is 27.8. The smallest absolute Gasteiger partial charge is 0.394 e. The highest BCUT2D eigenvalue weighted by atomic mass is 32.3. The first-order valence-corrected chi connectivity index (χ1v) is 13.2. The summed E-state index contributed by atoms with van der Waals surface area (Å²) in [6.07, 6.45) is -1.86. The van der Waals surface area contributed by atoms with Crippen molar-refractivity contribution in [3.63, 3.8) is 0 Å². The van der Waals surface area contributed by atoms with Crippen LogP contribution in [-0.2, 0) is 28.9 Å². The van der Waals surface area contributed by atoms with Crippen LogP contribution < -0.4 is 5.32 Å².